The van der Waals surface area contributed by atoms with Crippen molar-refractivity contribution in [1.29, 1.82) is 0 Å². The average molecular weight is 280 g/mol. The SMILES string of the molecule is CN1CCCN(CC(NC2CC2)(C(N)=O)C2CC2)CC1. The summed E-state index contributed by atoms with van der Waals surface area (Å²) in [6, 6.07) is 0.526. The predicted octanol–water partition coefficient (Wildman–Crippen LogP) is 0.0100. The molecular formula is C15H28N4O. The van der Waals surface area contributed by atoms with Crippen molar-refractivity contribution < 1.29 is 4.79 Å². The number of carbonyl (C=O) groups excluding carboxylic acids is 1. The van der Waals surface area contributed by atoms with Gasteiger partial charge in [-0.25, -0.2) is 0 Å². The van der Waals surface area contributed by atoms with E-state index in [0.717, 1.165) is 45.6 Å². The Morgan fingerprint density at radius 2 is 1.95 bits per heavy atom. The third-order valence-electron chi connectivity index (χ3n) is 5.04. The maximum atomic E-state index is 12.2. The molecule has 3 rings (SSSR count). The first-order valence-corrected chi connectivity index (χ1v) is 8.09. The first-order chi connectivity index (χ1) is 9.60. The molecule has 0 aromatic carbocycles. The van der Waals surface area contributed by atoms with Crippen LogP contribution in [0, 0.1) is 5.92 Å². The molecule has 1 atom stereocenters. The molecule has 0 aromatic heterocycles. The number of hydrogen-bond donors (Lipinski definition) is 2. The molecule has 1 amide bonds. The highest BCUT2D eigenvalue weighted by molar-refractivity contribution is 5.86. The van der Waals surface area contributed by atoms with Gasteiger partial charge >= 0.3 is 0 Å². The predicted molar refractivity (Wildman–Crippen MR) is 79.4 cm³/mol. The number of nitrogens with two attached hydrogens (primary N) is 1. The quantitative estimate of drug-likeness (QED) is 0.719. The summed E-state index contributed by atoms with van der Waals surface area (Å²) in [5.41, 5.74) is 5.37. The zero-order valence-corrected chi connectivity index (χ0v) is 12.6. The van der Waals surface area contributed by atoms with Gasteiger partial charge in [-0.1, -0.05) is 0 Å². The van der Waals surface area contributed by atoms with Gasteiger partial charge in [0, 0.05) is 25.7 Å². The van der Waals surface area contributed by atoms with Gasteiger partial charge in [0.1, 0.15) is 5.54 Å². The van der Waals surface area contributed by atoms with E-state index in [2.05, 4.69) is 22.2 Å². The number of hydrogen-bond acceptors (Lipinski definition) is 4. The van der Waals surface area contributed by atoms with Crippen molar-refractivity contribution in [2.75, 3.05) is 39.8 Å². The number of carbonyl (C=O) groups is 1. The van der Waals surface area contributed by atoms with E-state index in [1.54, 1.807) is 0 Å². The first-order valence-electron chi connectivity index (χ1n) is 8.09. The highest BCUT2D eigenvalue weighted by atomic mass is 16.1. The fourth-order valence-electron chi connectivity index (χ4n) is 3.42. The number of rotatable bonds is 6. The minimum atomic E-state index is -0.468. The Morgan fingerprint density at radius 1 is 1.20 bits per heavy atom. The minimum absolute atomic E-state index is 0.135. The maximum absolute atomic E-state index is 12.2. The highest BCUT2D eigenvalue weighted by Crippen LogP contribution is 2.42. The standard InChI is InChI=1S/C15H28N4O/c1-18-7-2-8-19(10-9-18)11-15(14(16)20,12-3-4-12)17-13-5-6-13/h12-13,17H,2-11H2,1H3,(H2,16,20). The summed E-state index contributed by atoms with van der Waals surface area (Å²) in [5, 5.41) is 3.61. The number of nitrogens with zero attached hydrogens (tertiary/aromatic N) is 2. The lowest BCUT2D eigenvalue weighted by atomic mass is 9.90. The van der Waals surface area contributed by atoms with Crippen LogP contribution in [0.1, 0.15) is 32.1 Å². The normalized spacial score (nSPS) is 28.9. The topological polar surface area (TPSA) is 61.6 Å². The Morgan fingerprint density at radius 3 is 2.55 bits per heavy atom. The van der Waals surface area contributed by atoms with Crippen molar-refractivity contribution in [2.24, 2.45) is 11.7 Å². The van der Waals surface area contributed by atoms with Gasteiger partial charge in [0.2, 0.25) is 5.91 Å². The molecule has 2 saturated carbocycles. The van der Waals surface area contributed by atoms with E-state index in [1.807, 2.05) is 0 Å². The molecule has 1 aliphatic heterocycles. The van der Waals surface area contributed by atoms with E-state index in [0.29, 0.717) is 12.0 Å². The molecular weight excluding hydrogens is 252 g/mol. The van der Waals surface area contributed by atoms with Crippen molar-refractivity contribution in [3.8, 4) is 0 Å². The Kier molecular flexibility index (Phi) is 4.02. The van der Waals surface area contributed by atoms with Gasteiger partial charge in [0.15, 0.2) is 0 Å². The van der Waals surface area contributed by atoms with Gasteiger partial charge in [-0.3, -0.25) is 15.0 Å². The summed E-state index contributed by atoms with van der Waals surface area (Å²) in [6.45, 7) is 5.17. The van der Waals surface area contributed by atoms with Gasteiger partial charge in [-0.15, -0.1) is 0 Å². The van der Waals surface area contributed by atoms with E-state index in [4.69, 9.17) is 5.73 Å². The van der Waals surface area contributed by atoms with Crippen LogP contribution in [0.3, 0.4) is 0 Å². The Hall–Kier alpha value is -0.650. The van der Waals surface area contributed by atoms with E-state index in [-0.39, 0.29) is 5.91 Å². The molecule has 5 heteroatoms. The second kappa shape index (κ2) is 5.62. The second-order valence-electron chi connectivity index (χ2n) is 6.96. The van der Waals surface area contributed by atoms with E-state index in [9.17, 15) is 4.79 Å². The minimum Gasteiger partial charge on any atom is -0.368 e. The Balaban J connectivity index is 1.69. The van der Waals surface area contributed by atoms with Gasteiger partial charge in [0.05, 0.1) is 0 Å². The highest BCUT2D eigenvalue weighted by Gasteiger charge is 2.52. The summed E-state index contributed by atoms with van der Waals surface area (Å²) in [7, 11) is 2.17. The van der Waals surface area contributed by atoms with Crippen LogP contribution in [0.2, 0.25) is 0 Å². The lowest BCUT2D eigenvalue weighted by Crippen LogP contribution is -2.64. The molecule has 1 saturated heterocycles. The zero-order valence-electron chi connectivity index (χ0n) is 12.6. The fraction of sp³-hybridized carbons (Fsp3) is 0.933. The van der Waals surface area contributed by atoms with Crippen molar-refractivity contribution in [1.82, 2.24) is 15.1 Å². The van der Waals surface area contributed by atoms with Crippen LogP contribution >= 0.6 is 0 Å². The molecule has 0 spiro atoms. The lowest BCUT2D eigenvalue weighted by molar-refractivity contribution is -0.126. The third kappa shape index (κ3) is 3.15. The summed E-state index contributed by atoms with van der Waals surface area (Å²) >= 11 is 0. The lowest BCUT2D eigenvalue weighted by Gasteiger charge is -2.37. The molecule has 3 aliphatic rings. The fourth-order valence-corrected chi connectivity index (χ4v) is 3.42. The maximum Gasteiger partial charge on any atom is 0.239 e. The smallest absolute Gasteiger partial charge is 0.239 e. The Bertz CT molecular complexity index is 367. The molecule has 0 aromatic rings. The van der Waals surface area contributed by atoms with Gasteiger partial charge in [0.25, 0.3) is 0 Å². The van der Waals surface area contributed by atoms with Gasteiger partial charge in [-0.05, 0) is 58.2 Å². The number of amides is 1. The molecule has 20 heavy (non-hydrogen) atoms. The number of likely N-dealkylation sites (N-methyl/N-ethyl adjacent to an activating group) is 1. The van der Waals surface area contributed by atoms with Crippen LogP contribution in [-0.4, -0.2) is 67.1 Å². The first kappa shape index (κ1) is 14.3. The van der Waals surface area contributed by atoms with Crippen LogP contribution in [0.4, 0.5) is 0 Å². The monoisotopic (exact) mass is 280 g/mol. The molecule has 3 N–H and O–H groups in total. The molecule has 114 valence electrons. The van der Waals surface area contributed by atoms with Crippen molar-refractivity contribution >= 4 is 5.91 Å². The van der Waals surface area contributed by atoms with E-state index >= 15 is 0 Å². The van der Waals surface area contributed by atoms with Crippen LogP contribution in [0.5, 0.6) is 0 Å². The summed E-state index contributed by atoms with van der Waals surface area (Å²) < 4.78 is 0. The second-order valence-corrected chi connectivity index (χ2v) is 6.96. The van der Waals surface area contributed by atoms with Crippen LogP contribution < -0.4 is 11.1 Å². The van der Waals surface area contributed by atoms with Crippen LogP contribution in [-0.2, 0) is 4.79 Å². The zero-order chi connectivity index (χ0) is 14.2. The molecule has 3 fully saturated rings. The number of primary amides is 1. The molecule has 0 radical (unpaired) electrons. The summed E-state index contributed by atoms with van der Waals surface area (Å²) in [5.74, 6) is 0.325. The molecule has 5 nitrogen and oxygen atoms in total. The summed E-state index contributed by atoms with van der Waals surface area (Å²) in [4.78, 5) is 17.0. The molecule has 2 aliphatic carbocycles. The van der Waals surface area contributed by atoms with Crippen LogP contribution in [0.15, 0.2) is 0 Å². The molecule has 1 heterocycles. The molecule has 0 bridgehead atoms. The van der Waals surface area contributed by atoms with Crippen LogP contribution in [0.25, 0.3) is 0 Å². The van der Waals surface area contributed by atoms with Gasteiger partial charge < -0.3 is 10.6 Å². The number of nitrogens with one attached hydrogen (secondary N) is 1. The van der Waals surface area contributed by atoms with E-state index in [1.165, 1.54) is 19.3 Å². The summed E-state index contributed by atoms with van der Waals surface area (Å²) in [6.07, 6.45) is 5.88. The van der Waals surface area contributed by atoms with Gasteiger partial charge in [-0.2, -0.15) is 0 Å². The molecule has 1 unspecified atom stereocenters. The van der Waals surface area contributed by atoms with Crippen molar-refractivity contribution in [2.45, 2.75) is 43.7 Å². The largest absolute Gasteiger partial charge is 0.368 e. The third-order valence-corrected chi connectivity index (χ3v) is 5.04. The Labute approximate surface area is 121 Å². The van der Waals surface area contributed by atoms with Crippen molar-refractivity contribution in [3.05, 3.63) is 0 Å². The van der Waals surface area contributed by atoms with Crippen molar-refractivity contribution in [3.63, 3.8) is 0 Å². The van der Waals surface area contributed by atoms with E-state index < -0.39 is 5.54 Å². The average Bonchev–Trinajstić information content (AvgIpc) is 3.26.